The minimum atomic E-state index is -0.710. The topological polar surface area (TPSA) is 165 Å². The number of nitrogens with one attached hydrogen (secondary N) is 2. The smallest absolute Gasteiger partial charge is 0.295 e. The number of hydrogen-bond acceptors (Lipinski definition) is 9. The van der Waals surface area contributed by atoms with Crippen LogP contribution in [0.5, 0.6) is 5.75 Å². The quantitative estimate of drug-likeness (QED) is 0.148. The summed E-state index contributed by atoms with van der Waals surface area (Å²) in [6, 6.07) is 8.96. The highest BCUT2D eigenvalue weighted by Crippen LogP contribution is 2.32. The second kappa shape index (κ2) is 15.2. The highest BCUT2D eigenvalue weighted by molar-refractivity contribution is 6.45. The first-order valence-corrected chi connectivity index (χ1v) is 16.9. The molecule has 0 radical (unpaired) electrons. The minimum absolute atomic E-state index is 0.101. The van der Waals surface area contributed by atoms with Crippen LogP contribution in [0.1, 0.15) is 80.4 Å². The van der Waals surface area contributed by atoms with Gasteiger partial charge in [0.05, 0.1) is 41.9 Å². The molecule has 0 spiro atoms. The molecule has 1 fully saturated rings. The molecule has 5 rings (SSSR count). The van der Waals surface area contributed by atoms with Crippen LogP contribution in [0.2, 0.25) is 0 Å². The van der Waals surface area contributed by atoms with Crippen LogP contribution < -0.4 is 10.1 Å². The Labute approximate surface area is 291 Å². The number of benzene rings is 1. The molecule has 1 aliphatic rings. The van der Waals surface area contributed by atoms with Crippen LogP contribution in [0, 0.1) is 5.41 Å². The van der Waals surface area contributed by atoms with Crippen LogP contribution in [0.3, 0.4) is 0 Å². The number of Topliss-reactive ketones (excluding diaryl/α,β-unsaturated/α-hetero) is 1. The van der Waals surface area contributed by atoms with E-state index in [0.717, 1.165) is 12.8 Å². The number of fused-ring (bicyclic) bond motifs is 1. The number of carbonyl (C=O) groups is 4. The maximum atomic E-state index is 13.6. The molecule has 50 heavy (non-hydrogen) atoms. The minimum Gasteiger partial charge on any atom is -0.494 e. The first-order chi connectivity index (χ1) is 23.8. The molecule has 14 nitrogen and oxygen atoms in total. The van der Waals surface area contributed by atoms with Gasteiger partial charge in [-0.25, -0.2) is 14.6 Å². The average molecular weight is 687 g/mol. The first kappa shape index (κ1) is 36.2. The number of hydrogen-bond donors (Lipinski definition) is 2. The highest BCUT2D eigenvalue weighted by Gasteiger charge is 2.32. The number of aromatic amines is 1. The van der Waals surface area contributed by atoms with Crippen LogP contribution in [0.4, 0.5) is 0 Å². The van der Waals surface area contributed by atoms with Gasteiger partial charge in [0.25, 0.3) is 17.6 Å². The molecule has 4 heterocycles. The number of nitrogens with zero attached hydrogens (tertiary/aromatic N) is 6. The average Bonchev–Trinajstić information content (AvgIpc) is 3.78. The van der Waals surface area contributed by atoms with Crippen molar-refractivity contribution in [1.29, 1.82) is 0 Å². The van der Waals surface area contributed by atoms with Gasteiger partial charge in [-0.2, -0.15) is 0 Å². The van der Waals surface area contributed by atoms with Gasteiger partial charge in [-0.3, -0.25) is 19.2 Å². The normalized spacial score (nSPS) is 13.8. The summed E-state index contributed by atoms with van der Waals surface area (Å²) in [5.41, 5.74) is 0.238. The summed E-state index contributed by atoms with van der Waals surface area (Å²) in [6.45, 7) is 11.7. The third kappa shape index (κ3) is 8.02. The van der Waals surface area contributed by atoms with Gasteiger partial charge in [-0.05, 0) is 38.8 Å². The molecule has 14 heteroatoms. The van der Waals surface area contributed by atoms with E-state index in [1.54, 1.807) is 29.2 Å². The molecule has 266 valence electrons. The molecular weight excluding hydrogens is 640 g/mol. The standard InChI is InChI=1S/C36H46N8O6/c1-7-13-36(4,5)50-19-14-35(2,3)34(48)39-22-27-40-23-44(41-27)31-29-28(26(49-6)21-38-31)25(20-37-29)30(45)33(47)43-17-15-42(16-18-43)32(46)24-11-9-8-10-12-24/h8-12,20-21,23,37H,7,13-19,22H2,1-6H3,(H,39,48). The number of amides is 3. The maximum Gasteiger partial charge on any atom is 0.295 e. The van der Waals surface area contributed by atoms with Gasteiger partial charge in [-0.15, -0.1) is 5.10 Å². The Morgan fingerprint density at radius 1 is 0.960 bits per heavy atom. The summed E-state index contributed by atoms with van der Waals surface area (Å²) in [4.78, 5) is 67.9. The number of methoxy groups -OCH3 is 1. The second-order valence-electron chi connectivity index (χ2n) is 13.7. The van der Waals surface area contributed by atoms with E-state index < -0.39 is 17.1 Å². The van der Waals surface area contributed by atoms with Crippen LogP contribution in [0.15, 0.2) is 49.1 Å². The van der Waals surface area contributed by atoms with E-state index in [2.05, 4.69) is 46.1 Å². The number of pyridine rings is 1. The number of rotatable bonds is 14. The highest BCUT2D eigenvalue weighted by atomic mass is 16.5. The van der Waals surface area contributed by atoms with Gasteiger partial charge in [0.1, 0.15) is 12.1 Å². The summed E-state index contributed by atoms with van der Waals surface area (Å²) in [5.74, 6) is -0.635. The number of aromatic nitrogens is 5. The molecule has 0 saturated carbocycles. The van der Waals surface area contributed by atoms with Crippen LogP contribution >= 0.6 is 0 Å². The van der Waals surface area contributed by atoms with Crippen molar-refractivity contribution in [3.05, 3.63) is 66.0 Å². The number of ketones is 1. The lowest BCUT2D eigenvalue weighted by atomic mass is 9.88. The predicted molar refractivity (Wildman–Crippen MR) is 186 cm³/mol. The van der Waals surface area contributed by atoms with Crippen LogP contribution in [-0.4, -0.2) is 104 Å². The largest absolute Gasteiger partial charge is 0.494 e. The van der Waals surface area contributed by atoms with Crippen LogP contribution in [-0.2, 0) is 20.9 Å². The van der Waals surface area contributed by atoms with Gasteiger partial charge in [0.15, 0.2) is 11.6 Å². The maximum absolute atomic E-state index is 13.6. The monoisotopic (exact) mass is 686 g/mol. The lowest BCUT2D eigenvalue weighted by Gasteiger charge is -2.34. The van der Waals surface area contributed by atoms with E-state index in [0.29, 0.717) is 60.0 Å². The zero-order valence-electron chi connectivity index (χ0n) is 29.6. The van der Waals surface area contributed by atoms with E-state index in [4.69, 9.17) is 9.47 Å². The van der Waals surface area contributed by atoms with Gasteiger partial charge < -0.3 is 29.6 Å². The van der Waals surface area contributed by atoms with Gasteiger partial charge in [-0.1, -0.05) is 45.4 Å². The van der Waals surface area contributed by atoms with Gasteiger partial charge in [0.2, 0.25) is 5.91 Å². The Morgan fingerprint density at radius 3 is 2.34 bits per heavy atom. The fraction of sp³-hybridized carbons (Fsp3) is 0.472. The number of ether oxygens (including phenoxy) is 2. The van der Waals surface area contributed by atoms with Crippen molar-refractivity contribution in [1.82, 2.24) is 39.8 Å². The lowest BCUT2D eigenvalue weighted by Crippen LogP contribution is -2.52. The molecule has 0 unspecified atom stereocenters. The summed E-state index contributed by atoms with van der Waals surface area (Å²) in [6.07, 6.45) is 6.91. The molecule has 0 atom stereocenters. The lowest BCUT2D eigenvalue weighted by molar-refractivity contribution is -0.131. The molecule has 3 aromatic heterocycles. The number of carbonyl (C=O) groups excluding carboxylic acids is 4. The van der Waals surface area contributed by atoms with Crippen molar-refractivity contribution < 1.29 is 28.7 Å². The van der Waals surface area contributed by atoms with E-state index in [1.165, 1.54) is 35.4 Å². The fourth-order valence-corrected chi connectivity index (χ4v) is 6.00. The number of piperazine rings is 1. The number of H-pyrrole nitrogens is 1. The van der Waals surface area contributed by atoms with Crippen molar-refractivity contribution in [2.24, 2.45) is 5.41 Å². The van der Waals surface area contributed by atoms with Crippen molar-refractivity contribution in [2.75, 3.05) is 39.9 Å². The summed E-state index contributed by atoms with van der Waals surface area (Å²) >= 11 is 0. The van der Waals surface area contributed by atoms with Crippen molar-refractivity contribution in [3.8, 4) is 11.6 Å². The molecule has 3 amide bonds. The third-order valence-corrected chi connectivity index (χ3v) is 9.04. The Kier molecular flexibility index (Phi) is 11.0. The second-order valence-corrected chi connectivity index (χ2v) is 13.7. The van der Waals surface area contributed by atoms with Crippen molar-refractivity contribution in [3.63, 3.8) is 0 Å². The first-order valence-electron chi connectivity index (χ1n) is 16.9. The Hall–Kier alpha value is -5.11. The zero-order valence-corrected chi connectivity index (χ0v) is 29.6. The summed E-state index contributed by atoms with van der Waals surface area (Å²) in [5, 5.41) is 7.81. The van der Waals surface area contributed by atoms with Gasteiger partial charge in [0, 0.05) is 50.0 Å². The zero-order chi connectivity index (χ0) is 36.1. The molecule has 4 aromatic rings. The fourth-order valence-electron chi connectivity index (χ4n) is 6.00. The molecular formula is C36H46N8O6. The van der Waals surface area contributed by atoms with Crippen molar-refractivity contribution in [2.45, 2.75) is 66.0 Å². The summed E-state index contributed by atoms with van der Waals surface area (Å²) < 4.78 is 13.0. The van der Waals surface area contributed by atoms with E-state index >= 15 is 0 Å². The Balaban J connectivity index is 1.24. The summed E-state index contributed by atoms with van der Waals surface area (Å²) in [7, 11) is 1.46. The Bertz CT molecular complexity index is 1840. The van der Waals surface area contributed by atoms with E-state index in [1.807, 2.05) is 19.9 Å². The van der Waals surface area contributed by atoms with Gasteiger partial charge >= 0.3 is 0 Å². The van der Waals surface area contributed by atoms with Crippen LogP contribution in [0.25, 0.3) is 16.7 Å². The predicted octanol–water partition coefficient (Wildman–Crippen LogP) is 3.95. The SMILES string of the molecule is CCCC(C)(C)OCCC(C)(C)C(=O)NCc1ncn(-c2ncc(OC)c3c(C(=O)C(=O)N4CCN(C(=O)c5ccccc5)CC4)c[nH]c23)n1. The third-order valence-electron chi connectivity index (χ3n) is 9.04. The Morgan fingerprint density at radius 2 is 1.66 bits per heavy atom. The molecule has 0 bridgehead atoms. The molecule has 1 saturated heterocycles. The molecule has 0 aliphatic carbocycles. The van der Waals surface area contributed by atoms with Crippen molar-refractivity contribution >= 4 is 34.4 Å². The molecule has 2 N–H and O–H groups in total. The molecule has 1 aliphatic heterocycles. The van der Waals surface area contributed by atoms with E-state index in [9.17, 15) is 19.2 Å². The molecule has 1 aromatic carbocycles. The van der Waals surface area contributed by atoms with E-state index in [-0.39, 0.29) is 42.6 Å².